The number of likely N-dealkylation sites (tertiary alicyclic amines) is 1. The van der Waals surface area contributed by atoms with E-state index in [9.17, 15) is 0 Å². The monoisotopic (exact) mass is 296 g/mol. The molecule has 0 unspecified atom stereocenters. The van der Waals surface area contributed by atoms with E-state index in [-0.39, 0.29) is 0 Å². The summed E-state index contributed by atoms with van der Waals surface area (Å²) < 4.78 is 1.78. The molecule has 1 aliphatic heterocycles. The Morgan fingerprint density at radius 1 is 1.25 bits per heavy atom. The first kappa shape index (κ1) is 14.4. The molecule has 0 spiro atoms. The first-order chi connectivity index (χ1) is 9.63. The molecule has 20 heavy (non-hydrogen) atoms. The fraction of sp³-hybridized carbons (Fsp3) is 0.800. The average molecular weight is 297 g/mol. The number of nitrogens with zero attached hydrogens (tertiary/aromatic N) is 3. The van der Waals surface area contributed by atoms with Crippen molar-refractivity contribution in [3.63, 3.8) is 0 Å². The average Bonchev–Trinajstić information content (AvgIpc) is 3.23. The van der Waals surface area contributed by atoms with E-state index in [1.807, 2.05) is 14.0 Å². The topological polar surface area (TPSA) is 33.1 Å². The molecule has 0 radical (unpaired) electrons. The van der Waals surface area contributed by atoms with Crippen molar-refractivity contribution in [1.82, 2.24) is 20.0 Å². The van der Waals surface area contributed by atoms with Gasteiger partial charge in [-0.15, -0.1) is 0 Å². The lowest BCUT2D eigenvalue weighted by Gasteiger charge is -2.32. The van der Waals surface area contributed by atoms with E-state index in [0.29, 0.717) is 0 Å². The molecule has 1 saturated heterocycles. The Bertz CT molecular complexity index is 459. The SMILES string of the molecule is Cc1nn(C)c(Cl)c1CN1CCC(CNC2CC2)CC1. The minimum Gasteiger partial charge on any atom is -0.314 e. The highest BCUT2D eigenvalue weighted by atomic mass is 35.5. The molecule has 1 aliphatic carbocycles. The van der Waals surface area contributed by atoms with E-state index in [0.717, 1.165) is 29.4 Å². The second-order valence-electron chi connectivity index (χ2n) is 6.38. The van der Waals surface area contributed by atoms with Crippen LogP contribution in [0.1, 0.15) is 36.9 Å². The molecule has 1 aromatic rings. The molecular formula is C15H25ClN4. The number of aromatic nitrogens is 2. The van der Waals surface area contributed by atoms with Gasteiger partial charge in [0.05, 0.1) is 5.69 Å². The molecule has 1 N–H and O–H groups in total. The Morgan fingerprint density at radius 3 is 2.50 bits per heavy atom. The molecule has 0 aromatic carbocycles. The summed E-state index contributed by atoms with van der Waals surface area (Å²) in [4.78, 5) is 2.52. The lowest BCUT2D eigenvalue weighted by atomic mass is 9.96. The van der Waals surface area contributed by atoms with Gasteiger partial charge in [0.1, 0.15) is 5.15 Å². The number of aryl methyl sites for hydroxylation is 2. The molecule has 2 fully saturated rings. The third kappa shape index (κ3) is 3.35. The molecule has 0 bridgehead atoms. The molecule has 3 rings (SSSR count). The van der Waals surface area contributed by atoms with Crippen LogP contribution in [0.2, 0.25) is 5.15 Å². The molecule has 0 atom stereocenters. The molecule has 0 amide bonds. The number of hydrogen-bond donors (Lipinski definition) is 1. The van der Waals surface area contributed by atoms with E-state index in [2.05, 4.69) is 15.3 Å². The highest BCUT2D eigenvalue weighted by Crippen LogP contribution is 2.25. The van der Waals surface area contributed by atoms with Gasteiger partial charge in [-0.25, -0.2) is 0 Å². The molecular weight excluding hydrogens is 272 g/mol. The van der Waals surface area contributed by atoms with Gasteiger partial charge in [0.2, 0.25) is 0 Å². The van der Waals surface area contributed by atoms with Crippen molar-refractivity contribution >= 4 is 11.6 Å². The third-order valence-corrected chi connectivity index (χ3v) is 5.10. The van der Waals surface area contributed by atoms with Gasteiger partial charge in [-0.3, -0.25) is 9.58 Å². The Labute approximate surface area is 126 Å². The Kier molecular flexibility index (Phi) is 4.34. The summed E-state index contributed by atoms with van der Waals surface area (Å²) in [6, 6.07) is 0.838. The highest BCUT2D eigenvalue weighted by Gasteiger charge is 2.25. The number of halogens is 1. The lowest BCUT2D eigenvalue weighted by Crippen LogP contribution is -2.37. The zero-order valence-electron chi connectivity index (χ0n) is 12.5. The number of nitrogens with one attached hydrogen (secondary N) is 1. The van der Waals surface area contributed by atoms with Gasteiger partial charge in [-0.1, -0.05) is 11.6 Å². The van der Waals surface area contributed by atoms with E-state index < -0.39 is 0 Å². The van der Waals surface area contributed by atoms with Crippen molar-refractivity contribution in [3.8, 4) is 0 Å². The van der Waals surface area contributed by atoms with Crippen LogP contribution in [0.5, 0.6) is 0 Å². The maximum Gasteiger partial charge on any atom is 0.131 e. The van der Waals surface area contributed by atoms with Crippen molar-refractivity contribution < 1.29 is 0 Å². The fourth-order valence-corrected chi connectivity index (χ4v) is 3.28. The maximum atomic E-state index is 6.32. The van der Waals surface area contributed by atoms with Crippen LogP contribution in [-0.4, -0.2) is 40.4 Å². The number of hydrogen-bond acceptors (Lipinski definition) is 3. The summed E-state index contributed by atoms with van der Waals surface area (Å²) in [5, 5.41) is 8.85. The van der Waals surface area contributed by atoms with Crippen LogP contribution in [0.25, 0.3) is 0 Å². The highest BCUT2D eigenvalue weighted by molar-refractivity contribution is 6.30. The van der Waals surface area contributed by atoms with Crippen LogP contribution in [0.4, 0.5) is 0 Å². The first-order valence-corrected chi connectivity index (χ1v) is 8.15. The fourth-order valence-electron chi connectivity index (χ4n) is 3.05. The van der Waals surface area contributed by atoms with Gasteiger partial charge in [0, 0.05) is 25.2 Å². The summed E-state index contributed by atoms with van der Waals surface area (Å²) in [6.45, 7) is 6.57. The van der Waals surface area contributed by atoms with Crippen molar-refractivity contribution in [2.45, 2.75) is 45.2 Å². The zero-order valence-corrected chi connectivity index (χ0v) is 13.3. The summed E-state index contributed by atoms with van der Waals surface area (Å²) >= 11 is 6.32. The minimum absolute atomic E-state index is 0.792. The van der Waals surface area contributed by atoms with Crippen LogP contribution in [0, 0.1) is 12.8 Å². The molecule has 112 valence electrons. The number of piperidine rings is 1. The smallest absolute Gasteiger partial charge is 0.131 e. The van der Waals surface area contributed by atoms with Crippen LogP contribution in [0.3, 0.4) is 0 Å². The van der Waals surface area contributed by atoms with Crippen LogP contribution in [-0.2, 0) is 13.6 Å². The normalized spacial score (nSPS) is 21.6. The van der Waals surface area contributed by atoms with Crippen molar-refractivity contribution in [2.24, 2.45) is 13.0 Å². The minimum atomic E-state index is 0.792. The van der Waals surface area contributed by atoms with Gasteiger partial charge >= 0.3 is 0 Å². The summed E-state index contributed by atoms with van der Waals surface area (Å²) in [5.74, 6) is 0.859. The van der Waals surface area contributed by atoms with E-state index >= 15 is 0 Å². The van der Waals surface area contributed by atoms with Gasteiger partial charge in [0.15, 0.2) is 0 Å². The molecule has 1 saturated carbocycles. The molecule has 4 nitrogen and oxygen atoms in total. The largest absolute Gasteiger partial charge is 0.314 e. The Balaban J connectivity index is 1.47. The van der Waals surface area contributed by atoms with Gasteiger partial charge in [-0.05, 0) is 58.2 Å². The van der Waals surface area contributed by atoms with E-state index in [1.165, 1.54) is 50.9 Å². The predicted octanol–water partition coefficient (Wildman–Crippen LogP) is 2.35. The quantitative estimate of drug-likeness (QED) is 0.905. The molecule has 5 heteroatoms. The summed E-state index contributed by atoms with van der Waals surface area (Å²) in [7, 11) is 1.91. The lowest BCUT2D eigenvalue weighted by molar-refractivity contribution is 0.175. The van der Waals surface area contributed by atoms with Gasteiger partial charge < -0.3 is 5.32 Å². The second-order valence-corrected chi connectivity index (χ2v) is 6.74. The predicted molar refractivity (Wildman–Crippen MR) is 82.0 cm³/mol. The van der Waals surface area contributed by atoms with Gasteiger partial charge in [0.25, 0.3) is 0 Å². The van der Waals surface area contributed by atoms with Gasteiger partial charge in [-0.2, -0.15) is 5.10 Å². The molecule has 2 aliphatic rings. The maximum absolute atomic E-state index is 6.32. The van der Waals surface area contributed by atoms with Crippen LogP contribution in [0.15, 0.2) is 0 Å². The van der Waals surface area contributed by atoms with Crippen molar-refractivity contribution in [3.05, 3.63) is 16.4 Å². The summed E-state index contributed by atoms with van der Waals surface area (Å²) in [5.41, 5.74) is 2.26. The second kappa shape index (κ2) is 6.04. The first-order valence-electron chi connectivity index (χ1n) is 7.77. The van der Waals surface area contributed by atoms with E-state index in [4.69, 9.17) is 11.6 Å². The van der Waals surface area contributed by atoms with Crippen molar-refractivity contribution in [2.75, 3.05) is 19.6 Å². The van der Waals surface area contributed by atoms with Crippen LogP contribution < -0.4 is 5.32 Å². The standard InChI is InChI=1S/C15H25ClN4/c1-11-14(15(16)19(2)18-11)10-20-7-5-12(6-8-20)9-17-13-3-4-13/h12-13,17H,3-10H2,1-2H3. The molecule has 2 heterocycles. The van der Waals surface area contributed by atoms with E-state index in [1.54, 1.807) is 4.68 Å². The third-order valence-electron chi connectivity index (χ3n) is 4.63. The zero-order chi connectivity index (χ0) is 14.1. The number of rotatable bonds is 5. The Hall–Kier alpha value is -0.580. The summed E-state index contributed by atoms with van der Waals surface area (Å²) in [6.07, 6.45) is 5.38. The molecule has 1 aromatic heterocycles. The Morgan fingerprint density at radius 2 is 1.95 bits per heavy atom. The van der Waals surface area contributed by atoms with Crippen molar-refractivity contribution in [1.29, 1.82) is 0 Å². The van der Waals surface area contributed by atoms with Crippen LogP contribution >= 0.6 is 11.6 Å².